The minimum absolute atomic E-state index is 0.0296. The normalized spacial score (nSPS) is 16.2. The second-order valence-corrected chi connectivity index (χ2v) is 10.6. The third kappa shape index (κ3) is 15.5. The van der Waals surface area contributed by atoms with Gasteiger partial charge in [0.2, 0.25) is 0 Å². The third-order valence-corrected chi connectivity index (χ3v) is 7.19. The summed E-state index contributed by atoms with van der Waals surface area (Å²) in [6, 6.07) is 14.3. The zero-order valence-corrected chi connectivity index (χ0v) is 26.7. The van der Waals surface area contributed by atoms with Gasteiger partial charge in [0.15, 0.2) is 0 Å². The first-order valence-corrected chi connectivity index (χ1v) is 15.8. The summed E-state index contributed by atoms with van der Waals surface area (Å²) >= 11 is 0. The van der Waals surface area contributed by atoms with Crippen LogP contribution in [0.25, 0.3) is 0 Å². The SMILES string of the molecule is COCCOCCOCCOc1ccc(OC(=O)C2CCC(C(=O)Oc3ccc(CCOCCOCOCCO)cc3)CC2)cc1. The Labute approximate surface area is 271 Å². The molecule has 2 aromatic rings. The molecule has 0 amide bonds. The fraction of sp³-hybridized carbons (Fsp3) is 0.588. The summed E-state index contributed by atoms with van der Waals surface area (Å²) in [5.74, 6) is 0.522. The Bertz CT molecular complexity index is 997. The molecule has 3 rings (SSSR count). The number of carbonyl (C=O) groups excluding carboxylic acids is 2. The molecule has 0 aromatic heterocycles. The van der Waals surface area contributed by atoms with Crippen LogP contribution in [-0.2, 0) is 44.4 Å². The molecule has 1 aliphatic rings. The summed E-state index contributed by atoms with van der Waals surface area (Å²) < 4.78 is 48.3. The first-order chi connectivity index (χ1) is 22.6. The highest BCUT2D eigenvalue weighted by Crippen LogP contribution is 2.31. The molecule has 0 radical (unpaired) electrons. The number of aliphatic hydroxyl groups excluding tert-OH is 1. The number of esters is 2. The number of carbonyl (C=O) groups is 2. The Morgan fingerprint density at radius 2 is 1.04 bits per heavy atom. The lowest BCUT2D eigenvalue weighted by Crippen LogP contribution is -2.30. The van der Waals surface area contributed by atoms with E-state index in [0.717, 1.165) is 12.0 Å². The summed E-state index contributed by atoms with van der Waals surface area (Å²) in [7, 11) is 1.63. The summed E-state index contributed by atoms with van der Waals surface area (Å²) in [4.78, 5) is 25.5. The van der Waals surface area contributed by atoms with Crippen LogP contribution >= 0.6 is 0 Å². The molecule has 0 aliphatic heterocycles. The summed E-state index contributed by atoms with van der Waals surface area (Å²) in [5.41, 5.74) is 1.06. The molecule has 1 saturated carbocycles. The number of hydrogen-bond acceptors (Lipinski definition) is 12. The average Bonchev–Trinajstić information content (AvgIpc) is 3.08. The highest BCUT2D eigenvalue weighted by Gasteiger charge is 2.32. The van der Waals surface area contributed by atoms with E-state index in [1.54, 1.807) is 43.5 Å². The van der Waals surface area contributed by atoms with E-state index in [0.29, 0.717) is 102 Å². The summed E-state index contributed by atoms with van der Waals surface area (Å²) in [6.07, 6.45) is 2.99. The first-order valence-electron chi connectivity index (χ1n) is 15.8. The zero-order chi connectivity index (χ0) is 32.7. The summed E-state index contributed by atoms with van der Waals surface area (Å²) in [5, 5.41) is 8.63. The number of aliphatic hydroxyl groups is 1. The van der Waals surface area contributed by atoms with E-state index in [2.05, 4.69) is 0 Å². The fourth-order valence-corrected chi connectivity index (χ4v) is 4.63. The van der Waals surface area contributed by atoms with Crippen LogP contribution in [0.3, 0.4) is 0 Å². The van der Waals surface area contributed by atoms with Crippen LogP contribution in [0.2, 0.25) is 0 Å². The molecule has 0 bridgehead atoms. The molecule has 12 heteroatoms. The van der Waals surface area contributed by atoms with E-state index < -0.39 is 0 Å². The van der Waals surface area contributed by atoms with Gasteiger partial charge >= 0.3 is 11.9 Å². The number of methoxy groups -OCH3 is 1. The van der Waals surface area contributed by atoms with E-state index in [9.17, 15) is 9.59 Å². The van der Waals surface area contributed by atoms with Crippen molar-refractivity contribution < 1.29 is 57.3 Å². The molecule has 12 nitrogen and oxygen atoms in total. The molecule has 0 unspecified atom stereocenters. The largest absolute Gasteiger partial charge is 0.491 e. The lowest BCUT2D eigenvalue weighted by atomic mass is 9.82. The van der Waals surface area contributed by atoms with Crippen LogP contribution < -0.4 is 14.2 Å². The van der Waals surface area contributed by atoms with Crippen LogP contribution in [0.4, 0.5) is 0 Å². The van der Waals surface area contributed by atoms with Crippen LogP contribution in [0.15, 0.2) is 48.5 Å². The van der Waals surface area contributed by atoms with Gasteiger partial charge in [0.25, 0.3) is 0 Å². The predicted octanol–water partition coefficient (Wildman–Crippen LogP) is 3.60. The molecule has 1 fully saturated rings. The van der Waals surface area contributed by atoms with Gasteiger partial charge in [0, 0.05) is 7.11 Å². The number of ether oxygens (including phenoxy) is 9. The van der Waals surface area contributed by atoms with Gasteiger partial charge in [-0.1, -0.05) is 12.1 Å². The molecule has 46 heavy (non-hydrogen) atoms. The van der Waals surface area contributed by atoms with Crippen molar-refractivity contribution in [2.75, 3.05) is 86.6 Å². The molecule has 256 valence electrons. The maximum Gasteiger partial charge on any atom is 0.314 e. The Kier molecular flexibility index (Phi) is 18.9. The van der Waals surface area contributed by atoms with Crippen molar-refractivity contribution in [1.82, 2.24) is 0 Å². The van der Waals surface area contributed by atoms with Gasteiger partial charge in [0.05, 0.1) is 77.9 Å². The quantitative estimate of drug-likeness (QED) is 0.0771. The Morgan fingerprint density at radius 1 is 0.587 bits per heavy atom. The van der Waals surface area contributed by atoms with Gasteiger partial charge in [-0.3, -0.25) is 9.59 Å². The lowest BCUT2D eigenvalue weighted by Gasteiger charge is -2.25. The average molecular weight is 649 g/mol. The molecule has 1 aliphatic carbocycles. The van der Waals surface area contributed by atoms with Crippen molar-refractivity contribution in [2.24, 2.45) is 11.8 Å². The van der Waals surface area contributed by atoms with Crippen molar-refractivity contribution in [3.8, 4) is 17.2 Å². The lowest BCUT2D eigenvalue weighted by molar-refractivity contribution is -0.145. The number of hydrogen-bond donors (Lipinski definition) is 1. The zero-order valence-electron chi connectivity index (χ0n) is 26.7. The highest BCUT2D eigenvalue weighted by atomic mass is 16.7. The van der Waals surface area contributed by atoms with E-state index >= 15 is 0 Å². The molecular weight excluding hydrogens is 600 g/mol. The molecule has 0 heterocycles. The van der Waals surface area contributed by atoms with Gasteiger partial charge in [0.1, 0.15) is 30.6 Å². The topological polar surface area (TPSA) is 137 Å². The fourth-order valence-electron chi connectivity index (χ4n) is 4.63. The van der Waals surface area contributed by atoms with Crippen molar-refractivity contribution >= 4 is 11.9 Å². The third-order valence-electron chi connectivity index (χ3n) is 7.19. The van der Waals surface area contributed by atoms with Crippen LogP contribution in [0.1, 0.15) is 31.2 Å². The first kappa shape index (κ1) is 37.4. The Hall–Kier alpha value is -3.10. The molecule has 0 atom stereocenters. The van der Waals surface area contributed by atoms with Crippen molar-refractivity contribution in [1.29, 1.82) is 0 Å². The minimum atomic E-state index is -0.291. The van der Waals surface area contributed by atoms with E-state index in [4.69, 9.17) is 47.7 Å². The Balaban J connectivity index is 1.25. The molecular formula is C34H48O12. The van der Waals surface area contributed by atoms with Crippen molar-refractivity contribution in [2.45, 2.75) is 32.1 Å². The molecule has 0 saturated heterocycles. The predicted molar refractivity (Wildman–Crippen MR) is 167 cm³/mol. The van der Waals surface area contributed by atoms with Crippen LogP contribution in [0, 0.1) is 11.8 Å². The second kappa shape index (κ2) is 23.3. The standard InChI is InChI=1S/C34H48O12/c1-38-18-19-40-20-21-41-24-25-44-30-10-12-32(13-11-30)46-34(37)29-6-4-28(5-7-29)33(36)45-31-8-2-27(3-9-31)14-16-39-22-23-43-26-42-17-15-35/h2-3,8-13,28-29,35H,4-7,14-26H2,1H3. The number of rotatable bonds is 24. The molecule has 2 aromatic carbocycles. The monoisotopic (exact) mass is 648 g/mol. The van der Waals surface area contributed by atoms with Gasteiger partial charge in [-0.05, 0) is 74.1 Å². The van der Waals surface area contributed by atoms with E-state index in [1.165, 1.54) is 0 Å². The van der Waals surface area contributed by atoms with E-state index in [1.807, 2.05) is 12.1 Å². The Morgan fingerprint density at radius 3 is 1.61 bits per heavy atom. The van der Waals surface area contributed by atoms with Crippen molar-refractivity contribution in [3.05, 3.63) is 54.1 Å². The second-order valence-electron chi connectivity index (χ2n) is 10.6. The smallest absolute Gasteiger partial charge is 0.314 e. The molecule has 0 spiro atoms. The molecule has 1 N–H and O–H groups in total. The summed E-state index contributed by atoms with van der Waals surface area (Å²) in [6.45, 7) is 4.69. The van der Waals surface area contributed by atoms with Gasteiger partial charge in [-0.15, -0.1) is 0 Å². The van der Waals surface area contributed by atoms with Crippen LogP contribution in [-0.4, -0.2) is 104 Å². The van der Waals surface area contributed by atoms with Crippen LogP contribution in [0.5, 0.6) is 17.2 Å². The maximum atomic E-state index is 12.8. The highest BCUT2D eigenvalue weighted by molar-refractivity contribution is 5.77. The van der Waals surface area contributed by atoms with Gasteiger partial charge in [-0.25, -0.2) is 0 Å². The van der Waals surface area contributed by atoms with Gasteiger partial charge < -0.3 is 47.7 Å². The van der Waals surface area contributed by atoms with Gasteiger partial charge in [-0.2, -0.15) is 0 Å². The number of benzene rings is 2. The van der Waals surface area contributed by atoms with E-state index in [-0.39, 0.29) is 43.8 Å². The maximum absolute atomic E-state index is 12.8. The minimum Gasteiger partial charge on any atom is -0.491 e. The van der Waals surface area contributed by atoms with Crippen molar-refractivity contribution in [3.63, 3.8) is 0 Å².